The van der Waals surface area contributed by atoms with Crippen LogP contribution in [-0.2, 0) is 26.2 Å². The van der Waals surface area contributed by atoms with Gasteiger partial charge in [-0.1, -0.05) is 59.6 Å². The number of nitrogens with zero attached hydrogens (tertiary/aromatic N) is 2. The Morgan fingerprint density at radius 3 is 2.24 bits per heavy atom. The van der Waals surface area contributed by atoms with Crippen molar-refractivity contribution in [1.82, 2.24) is 10.2 Å². The van der Waals surface area contributed by atoms with Crippen LogP contribution in [0.25, 0.3) is 0 Å². The number of hydrogen-bond acceptors (Lipinski definition) is 4. The molecule has 3 rings (SSSR count). The summed E-state index contributed by atoms with van der Waals surface area (Å²) in [6.45, 7) is 4.52. The predicted octanol–water partition coefficient (Wildman–Crippen LogP) is 4.54. The molecule has 0 bridgehead atoms. The van der Waals surface area contributed by atoms with Crippen molar-refractivity contribution in [3.05, 3.63) is 94.8 Å². The summed E-state index contributed by atoms with van der Waals surface area (Å²) in [7, 11) is -4.23. The van der Waals surface area contributed by atoms with E-state index in [9.17, 15) is 22.4 Å². The van der Waals surface area contributed by atoms with Gasteiger partial charge in [0.2, 0.25) is 11.8 Å². The Morgan fingerprint density at radius 1 is 1.00 bits per heavy atom. The third-order valence-corrected chi connectivity index (χ3v) is 7.92. The van der Waals surface area contributed by atoms with Crippen molar-refractivity contribution in [2.24, 2.45) is 0 Å². The number of sulfonamides is 1. The van der Waals surface area contributed by atoms with E-state index in [1.807, 2.05) is 6.92 Å². The van der Waals surface area contributed by atoms with Gasteiger partial charge in [-0.2, -0.15) is 0 Å². The van der Waals surface area contributed by atoms with Crippen LogP contribution in [0.15, 0.2) is 77.7 Å². The lowest BCUT2D eigenvalue weighted by Gasteiger charge is -2.32. The van der Waals surface area contributed by atoms with Crippen molar-refractivity contribution >= 4 is 39.1 Å². The van der Waals surface area contributed by atoms with Crippen LogP contribution in [0.3, 0.4) is 0 Å². The highest BCUT2D eigenvalue weighted by Crippen LogP contribution is 2.31. The first kappa shape index (κ1) is 28.1. The van der Waals surface area contributed by atoms with E-state index in [-0.39, 0.29) is 27.7 Å². The Morgan fingerprint density at radius 2 is 1.62 bits per heavy atom. The maximum absolute atomic E-state index is 14.5. The van der Waals surface area contributed by atoms with E-state index in [2.05, 4.69) is 5.32 Å². The number of amides is 2. The quantitative estimate of drug-likeness (QED) is 0.405. The summed E-state index contributed by atoms with van der Waals surface area (Å²) in [6.07, 6.45) is 0. The van der Waals surface area contributed by atoms with Crippen molar-refractivity contribution in [3.63, 3.8) is 0 Å². The first-order valence-electron chi connectivity index (χ1n) is 11.7. The number of nitrogens with one attached hydrogen (secondary N) is 1. The largest absolute Gasteiger partial charge is 0.355 e. The summed E-state index contributed by atoms with van der Waals surface area (Å²) in [5.41, 5.74) is 1.17. The molecule has 196 valence electrons. The summed E-state index contributed by atoms with van der Waals surface area (Å²) in [4.78, 5) is 27.5. The number of aryl methyl sites for hydroxylation is 1. The fourth-order valence-electron chi connectivity index (χ4n) is 3.72. The van der Waals surface area contributed by atoms with Crippen LogP contribution in [-0.4, -0.2) is 44.3 Å². The highest BCUT2D eigenvalue weighted by molar-refractivity contribution is 7.92. The molecule has 0 radical (unpaired) electrons. The van der Waals surface area contributed by atoms with Crippen LogP contribution in [0.1, 0.15) is 25.0 Å². The zero-order valence-corrected chi connectivity index (χ0v) is 22.4. The molecule has 0 saturated heterocycles. The van der Waals surface area contributed by atoms with Gasteiger partial charge in [0.25, 0.3) is 10.0 Å². The molecule has 0 saturated carbocycles. The van der Waals surface area contributed by atoms with Gasteiger partial charge in [-0.05, 0) is 51.1 Å². The molecule has 0 aliphatic heterocycles. The van der Waals surface area contributed by atoms with Crippen molar-refractivity contribution in [3.8, 4) is 0 Å². The zero-order valence-electron chi connectivity index (χ0n) is 20.8. The molecule has 1 N–H and O–H groups in total. The van der Waals surface area contributed by atoms with Gasteiger partial charge in [-0.25, -0.2) is 12.8 Å². The molecule has 2 amide bonds. The van der Waals surface area contributed by atoms with Crippen LogP contribution < -0.4 is 9.62 Å². The predicted molar refractivity (Wildman–Crippen MR) is 142 cm³/mol. The van der Waals surface area contributed by atoms with Crippen LogP contribution in [0, 0.1) is 12.7 Å². The molecule has 0 fully saturated rings. The van der Waals surface area contributed by atoms with Crippen molar-refractivity contribution in [1.29, 1.82) is 0 Å². The number of anilines is 1. The Bertz CT molecular complexity index is 1370. The Hall–Kier alpha value is -3.43. The zero-order chi connectivity index (χ0) is 27.2. The van der Waals surface area contributed by atoms with Gasteiger partial charge in [0, 0.05) is 18.7 Å². The molecule has 0 aromatic heterocycles. The summed E-state index contributed by atoms with van der Waals surface area (Å²) in [6, 6.07) is 17.4. The van der Waals surface area contributed by atoms with E-state index in [1.165, 1.54) is 49.4 Å². The summed E-state index contributed by atoms with van der Waals surface area (Å²) in [5, 5.41) is 2.79. The van der Waals surface area contributed by atoms with E-state index < -0.39 is 40.2 Å². The Balaban J connectivity index is 2.05. The average Bonchev–Trinajstić information content (AvgIpc) is 2.87. The lowest BCUT2D eigenvalue weighted by molar-refractivity contribution is -0.139. The first-order chi connectivity index (χ1) is 17.6. The first-order valence-corrected chi connectivity index (χ1v) is 13.5. The Kier molecular flexibility index (Phi) is 9.29. The van der Waals surface area contributed by atoms with Crippen LogP contribution >= 0.6 is 11.6 Å². The molecule has 0 spiro atoms. The lowest BCUT2D eigenvalue weighted by atomic mass is 10.1. The second-order valence-electron chi connectivity index (χ2n) is 8.46. The van der Waals surface area contributed by atoms with E-state index in [4.69, 9.17) is 11.6 Å². The van der Waals surface area contributed by atoms with Crippen LogP contribution in [0.5, 0.6) is 0 Å². The third kappa shape index (κ3) is 6.67. The van der Waals surface area contributed by atoms with Crippen molar-refractivity contribution in [2.45, 2.75) is 38.3 Å². The topological polar surface area (TPSA) is 86.8 Å². The minimum absolute atomic E-state index is 0.0248. The molecule has 0 heterocycles. The van der Waals surface area contributed by atoms with Crippen molar-refractivity contribution < 1.29 is 22.4 Å². The van der Waals surface area contributed by atoms with E-state index in [0.717, 1.165) is 14.8 Å². The maximum atomic E-state index is 14.5. The summed E-state index contributed by atoms with van der Waals surface area (Å²) >= 11 is 6.36. The van der Waals surface area contributed by atoms with E-state index >= 15 is 0 Å². The number of halogens is 2. The highest BCUT2D eigenvalue weighted by Gasteiger charge is 2.33. The third-order valence-electron chi connectivity index (χ3n) is 5.83. The van der Waals surface area contributed by atoms with Crippen LogP contribution in [0.4, 0.5) is 10.1 Å². The molecule has 37 heavy (non-hydrogen) atoms. The monoisotopic (exact) mass is 545 g/mol. The van der Waals surface area contributed by atoms with Gasteiger partial charge in [0.15, 0.2) is 0 Å². The molecule has 7 nitrogen and oxygen atoms in total. The second kappa shape index (κ2) is 12.2. The van der Waals surface area contributed by atoms with E-state index in [1.54, 1.807) is 37.3 Å². The molecule has 3 aromatic carbocycles. The number of likely N-dealkylation sites (N-methyl/N-ethyl adjacent to an activating group) is 1. The van der Waals surface area contributed by atoms with Gasteiger partial charge in [0.05, 0.1) is 15.6 Å². The Labute approximate surface area is 221 Å². The molecule has 3 aromatic rings. The number of carbonyl (C=O) groups is 2. The fraction of sp³-hybridized carbons (Fsp3) is 0.259. The maximum Gasteiger partial charge on any atom is 0.264 e. The second-order valence-corrected chi connectivity index (χ2v) is 10.7. The molecule has 0 unspecified atom stereocenters. The highest BCUT2D eigenvalue weighted by atomic mass is 35.5. The minimum Gasteiger partial charge on any atom is -0.355 e. The smallest absolute Gasteiger partial charge is 0.264 e. The number of hydrogen-bond donors (Lipinski definition) is 1. The normalized spacial score (nSPS) is 12.0. The van der Waals surface area contributed by atoms with Crippen LogP contribution in [0.2, 0.25) is 5.02 Å². The molecule has 0 aliphatic rings. The van der Waals surface area contributed by atoms with Gasteiger partial charge >= 0.3 is 0 Å². The van der Waals surface area contributed by atoms with Crippen molar-refractivity contribution in [2.75, 3.05) is 17.4 Å². The van der Waals surface area contributed by atoms with Gasteiger partial charge < -0.3 is 10.2 Å². The molecule has 1 atom stereocenters. The molecular formula is C27H29ClFN3O4S. The van der Waals surface area contributed by atoms with Gasteiger partial charge in [-0.15, -0.1) is 0 Å². The number of rotatable bonds is 10. The molecule has 10 heteroatoms. The number of para-hydroxylation sites is 1. The average molecular weight is 546 g/mol. The van der Waals surface area contributed by atoms with Gasteiger partial charge in [0.1, 0.15) is 18.4 Å². The van der Waals surface area contributed by atoms with E-state index in [0.29, 0.717) is 6.54 Å². The standard InChI is InChI=1S/C27H29ClFN3O4S/c1-4-30-27(34)20(3)31(17-21-9-5-7-11-24(21)29)26(33)18-32(25-12-8-6-10-23(25)28)37(35,36)22-15-13-19(2)14-16-22/h5-16,20H,4,17-18H2,1-3H3,(H,30,34)/t20-/m0/s1. The van der Waals surface area contributed by atoms with Gasteiger partial charge in [-0.3, -0.25) is 13.9 Å². The number of benzene rings is 3. The fourth-order valence-corrected chi connectivity index (χ4v) is 5.44. The SMILES string of the molecule is CCNC(=O)[C@H](C)N(Cc1ccccc1F)C(=O)CN(c1ccccc1Cl)S(=O)(=O)c1ccc(C)cc1. The lowest BCUT2D eigenvalue weighted by Crippen LogP contribution is -2.51. The molecule has 0 aliphatic carbocycles. The summed E-state index contributed by atoms with van der Waals surface area (Å²) < 4.78 is 42.9. The summed E-state index contributed by atoms with van der Waals surface area (Å²) in [5.74, 6) is -1.69. The minimum atomic E-state index is -4.23. The molecular weight excluding hydrogens is 517 g/mol. The number of carbonyl (C=O) groups excluding carboxylic acids is 2.